The fourth-order valence-corrected chi connectivity index (χ4v) is 12.8. The smallest absolute Gasteiger partial charge is 0.337 e. The highest BCUT2D eigenvalue weighted by atomic mass is 35.5. The lowest BCUT2D eigenvalue weighted by molar-refractivity contribution is -0.147. The third kappa shape index (κ3) is 29.0. The number of aryl methyl sites for hydroxylation is 4. The van der Waals surface area contributed by atoms with E-state index in [1.165, 1.54) is 96.1 Å². The molecule has 0 aliphatic carbocycles. The zero-order valence-corrected chi connectivity index (χ0v) is 68.8. The lowest BCUT2D eigenvalue weighted by Gasteiger charge is -2.09. The maximum absolute atomic E-state index is 13.0. The van der Waals surface area contributed by atoms with E-state index in [0.717, 1.165) is 22.3 Å². The number of amidine groups is 2. The summed E-state index contributed by atoms with van der Waals surface area (Å²) in [6.07, 6.45) is 5.70. The minimum atomic E-state index is -4.10. The van der Waals surface area contributed by atoms with Crippen LogP contribution in [0, 0.1) is 33.6 Å². The lowest BCUT2D eigenvalue weighted by Crippen LogP contribution is -2.42. The van der Waals surface area contributed by atoms with Crippen molar-refractivity contribution in [3.63, 3.8) is 0 Å². The van der Waals surface area contributed by atoms with Gasteiger partial charge in [-0.15, -0.1) is 16.0 Å². The van der Waals surface area contributed by atoms with E-state index in [-0.39, 0.29) is 90.2 Å². The number of urea groups is 2. The van der Waals surface area contributed by atoms with Crippen LogP contribution in [0.15, 0.2) is 214 Å². The quantitative estimate of drug-likeness (QED) is 0.00674. The van der Waals surface area contributed by atoms with Crippen molar-refractivity contribution < 1.29 is 76.7 Å². The number of anilines is 3. The Morgan fingerprint density at radius 1 is 0.517 bits per heavy atom. The van der Waals surface area contributed by atoms with Crippen molar-refractivity contribution in [2.24, 2.45) is 32.1 Å². The second kappa shape index (κ2) is 42.9. The average molecular weight is 1690 g/mol. The summed E-state index contributed by atoms with van der Waals surface area (Å²) in [5.41, 5.74) is 16.8. The molecule has 0 spiro atoms. The molecule has 0 aliphatic rings. The molecular weight excluding hydrogens is 1600 g/mol. The lowest BCUT2D eigenvalue weighted by atomic mass is 10.2. The molecule has 0 unspecified atom stereocenters. The van der Waals surface area contributed by atoms with Crippen molar-refractivity contribution in [1.29, 1.82) is 0 Å². The zero-order chi connectivity index (χ0) is 85.7. The standard InChI is InChI=1S/C22H26N6O5S.C17H20N4O4S.C17H18N4O3S.C13H14N4O3S.C5H9ClN2O2/c1-5-23-22(30)24-19(29)13-28-11-10-16(20-25-21(14(2)3)33-26-20)12-18(28)27-34(31,32)17-8-6-15(4)7-9-17;1-11(2)17(22)25-20-16(18)13-8-9-19-15(10-13)21-26(23,24)14-6-4-12(3)5-7-14;1-11(2)17-19-16(20-24-17)13-8-9-18-15(10-13)21-25(22,23)14-6-4-12(3)5-7-14;1-9-2-4-11(5-3-9)21(19,20)17-12-8-10(6-7-15-12)13(14)16-18;1-2-7-5(10)8-4(9)3-6/h6-12,14H,5,13H2,1-4H3,(H2,23,24,29,30);4-11H,1-3H3,(H2,18,20)(H,19,21);4-11H,1-3H3,(H,18,21);2-8,18H,1H3,(H2,14,16)(H,15,17);2-3H2,1H3,(H2,7,8,9,10). The topological polar surface area (TPSA) is 546 Å². The van der Waals surface area contributed by atoms with Crippen LogP contribution in [0.4, 0.5) is 27.0 Å². The number of aromatic nitrogens is 8. The first kappa shape index (κ1) is 92.0. The molecule has 4 aromatic carbocycles. The highest BCUT2D eigenvalue weighted by molar-refractivity contribution is 7.93. The number of halogens is 1. The number of pyridine rings is 4. The molecule has 0 atom stereocenters. The number of sulfonamides is 4. The van der Waals surface area contributed by atoms with E-state index < -0.39 is 69.9 Å². The molecule has 0 radical (unpaired) electrons. The number of rotatable bonds is 24. The van der Waals surface area contributed by atoms with Crippen LogP contribution in [-0.4, -0.2) is 139 Å². The monoisotopic (exact) mass is 1690 g/mol. The van der Waals surface area contributed by atoms with Crippen molar-refractivity contribution in [3.8, 4) is 22.8 Å². The van der Waals surface area contributed by atoms with Crippen molar-refractivity contribution in [3.05, 3.63) is 221 Å². The normalized spacial score (nSPS) is 11.7. The van der Waals surface area contributed by atoms with Gasteiger partial charge in [0.15, 0.2) is 11.7 Å². The number of benzene rings is 4. The first-order chi connectivity index (χ1) is 54.7. The molecular formula is C74H87ClN20O17S4. The molecule has 12 N–H and O–H groups in total. The predicted molar refractivity (Wildman–Crippen MR) is 431 cm³/mol. The number of nitrogens with one attached hydrogen (secondary N) is 7. The second-order valence-corrected chi connectivity index (χ2v) is 32.4. The summed E-state index contributed by atoms with van der Waals surface area (Å²) >= 11 is 5.10. The second-order valence-electron chi connectivity index (χ2n) is 25.5. The molecule has 616 valence electrons. The van der Waals surface area contributed by atoms with Gasteiger partial charge in [-0.05, 0) is 139 Å². The van der Waals surface area contributed by atoms with Gasteiger partial charge in [-0.25, -0.2) is 54.6 Å². The van der Waals surface area contributed by atoms with Crippen molar-refractivity contribution in [2.45, 2.75) is 121 Å². The molecule has 0 aliphatic heterocycles. The van der Waals surface area contributed by atoms with Crippen LogP contribution in [0.5, 0.6) is 0 Å². The summed E-state index contributed by atoms with van der Waals surface area (Å²) in [5, 5.41) is 31.9. The Labute approximate surface area is 674 Å². The Morgan fingerprint density at radius 3 is 1.28 bits per heavy atom. The van der Waals surface area contributed by atoms with Crippen LogP contribution < -0.4 is 52.4 Å². The molecule has 10 aromatic rings. The number of amides is 6. The zero-order valence-electron chi connectivity index (χ0n) is 64.8. The Balaban J connectivity index is 0.000000234. The molecule has 116 heavy (non-hydrogen) atoms. The largest absolute Gasteiger partial charge is 0.409 e. The number of carbonyl (C=O) groups excluding carboxylic acids is 5. The van der Waals surface area contributed by atoms with Crippen molar-refractivity contribution >= 4 is 111 Å². The van der Waals surface area contributed by atoms with E-state index in [4.69, 9.17) is 42.2 Å². The summed E-state index contributed by atoms with van der Waals surface area (Å²) in [6.45, 7) is 22.5. The van der Waals surface area contributed by atoms with Crippen LogP contribution in [0.3, 0.4) is 0 Å². The number of hydrogen-bond acceptors (Lipinski definition) is 26. The van der Waals surface area contributed by atoms with Gasteiger partial charge in [-0.2, -0.15) is 18.4 Å². The van der Waals surface area contributed by atoms with Gasteiger partial charge >= 0.3 is 18.0 Å². The number of nitrogens with two attached hydrogens (primary N) is 2. The summed E-state index contributed by atoms with van der Waals surface area (Å²) in [7, 11) is -15.3. The van der Waals surface area contributed by atoms with E-state index in [9.17, 15) is 57.6 Å². The number of nitrogens with zero attached hydrogens (tertiary/aromatic N) is 11. The summed E-state index contributed by atoms with van der Waals surface area (Å²) < 4.78 is 123. The van der Waals surface area contributed by atoms with Crippen molar-refractivity contribution in [1.82, 2.24) is 61.1 Å². The molecule has 0 saturated carbocycles. The number of oxime groups is 2. The molecule has 42 heteroatoms. The van der Waals surface area contributed by atoms with Gasteiger partial charge in [0.05, 0.1) is 25.5 Å². The molecule has 6 heterocycles. The van der Waals surface area contributed by atoms with Gasteiger partial charge in [0.2, 0.25) is 35.2 Å². The minimum absolute atomic E-state index is 0.00323. The predicted octanol–water partition coefficient (Wildman–Crippen LogP) is 8.84. The highest BCUT2D eigenvalue weighted by Gasteiger charge is 2.22. The fourth-order valence-electron chi connectivity index (χ4n) is 8.79. The molecule has 0 fully saturated rings. The Hall–Kier alpha value is -12.9. The highest BCUT2D eigenvalue weighted by Crippen LogP contribution is 2.25. The molecule has 37 nitrogen and oxygen atoms in total. The summed E-state index contributed by atoms with van der Waals surface area (Å²) in [6, 6.07) is 36.6. The Kier molecular flexibility index (Phi) is 34.0. The van der Waals surface area contributed by atoms with Gasteiger partial charge in [0.1, 0.15) is 35.4 Å². The minimum Gasteiger partial charge on any atom is -0.409 e. The first-order valence-electron chi connectivity index (χ1n) is 34.9. The van der Waals surface area contributed by atoms with Gasteiger partial charge in [-0.1, -0.05) is 133 Å². The van der Waals surface area contributed by atoms with Crippen LogP contribution in [-0.2, 0) is 65.9 Å². The number of imide groups is 2. The third-order valence-electron chi connectivity index (χ3n) is 14.9. The summed E-state index contributed by atoms with van der Waals surface area (Å²) in [5.74, 6) is -0.347. The van der Waals surface area contributed by atoms with E-state index in [1.54, 1.807) is 107 Å². The van der Waals surface area contributed by atoms with Gasteiger partial charge in [-0.3, -0.25) is 34.4 Å². The fraction of sp³-hybridized carbons (Fsp3) is 0.257. The van der Waals surface area contributed by atoms with E-state index in [1.807, 2.05) is 60.7 Å². The Morgan fingerprint density at radius 2 is 0.897 bits per heavy atom. The van der Waals surface area contributed by atoms with Crippen LogP contribution in [0.25, 0.3) is 22.8 Å². The van der Waals surface area contributed by atoms with E-state index >= 15 is 0 Å². The molecule has 6 amide bonds. The molecule has 0 bridgehead atoms. The van der Waals surface area contributed by atoms with Crippen molar-refractivity contribution in [2.75, 3.05) is 33.1 Å². The first-order valence-corrected chi connectivity index (χ1v) is 41.3. The van der Waals surface area contributed by atoms with E-state index in [2.05, 4.69) is 80.1 Å². The average Bonchev–Trinajstić information content (AvgIpc) is 1.39. The van der Waals surface area contributed by atoms with Crippen LogP contribution in [0.1, 0.15) is 112 Å². The molecule has 10 rings (SSSR count). The van der Waals surface area contributed by atoms with Gasteiger partial charge in [0, 0.05) is 72.0 Å². The van der Waals surface area contributed by atoms with Gasteiger partial charge in [0.25, 0.3) is 40.1 Å². The van der Waals surface area contributed by atoms with Crippen LogP contribution >= 0.6 is 11.6 Å². The third-order valence-corrected chi connectivity index (χ3v) is 20.6. The number of alkyl halides is 1. The summed E-state index contributed by atoms with van der Waals surface area (Å²) in [4.78, 5) is 82.0. The SMILES string of the molecule is CCNC(=O)NC(=O)CCl.CCNC(=O)NC(=O)Cn1ccc(-c2noc(C(C)C)n2)cc1=NS(=O)(=O)c1ccc(C)cc1.Cc1ccc(S(=O)(=O)Nc2cc(-c3noc(C(C)C)n3)ccn2)cc1.Cc1ccc(S(=O)(=O)Nc2cc(/C(N)=N/O)ccn2)cc1.Cc1ccc(S(=O)(=O)Nc2cc(/C(N)=N\OC(=O)C(C)C)ccn2)cc1. The Bertz CT molecular complexity index is 5670. The molecule has 6 aromatic heterocycles. The number of hydrogen-bond donors (Lipinski definition) is 10. The van der Waals surface area contributed by atoms with Crippen LogP contribution in [0.2, 0.25) is 0 Å². The number of carbonyl (C=O) groups is 5. The maximum Gasteiger partial charge on any atom is 0.337 e. The van der Waals surface area contributed by atoms with Gasteiger partial charge < -0.3 is 45.8 Å². The molecule has 0 saturated heterocycles. The van der Waals surface area contributed by atoms with E-state index in [0.29, 0.717) is 52.9 Å². The maximum atomic E-state index is 13.0.